The topological polar surface area (TPSA) is 17.1 Å². The molecule has 0 radical (unpaired) electrons. The summed E-state index contributed by atoms with van der Waals surface area (Å²) in [5.74, 6) is 0. The zero-order valence-corrected chi connectivity index (χ0v) is 16.2. The molecule has 0 aromatic carbocycles. The van der Waals surface area contributed by atoms with Crippen LogP contribution in [0.1, 0.15) is 103 Å². The molecule has 2 heteroatoms. The molecule has 0 bridgehead atoms. The summed E-state index contributed by atoms with van der Waals surface area (Å²) in [5.41, 5.74) is 3.36. The first-order valence-electron chi connectivity index (χ1n) is 10.5. The van der Waals surface area contributed by atoms with Gasteiger partial charge >= 0.3 is 0 Å². The van der Waals surface area contributed by atoms with Crippen molar-refractivity contribution in [2.45, 2.75) is 120 Å². The van der Waals surface area contributed by atoms with Crippen LogP contribution in [0, 0.1) is 0 Å². The summed E-state index contributed by atoms with van der Waals surface area (Å²) in [6.07, 6.45) is 21.8. The van der Waals surface area contributed by atoms with Crippen molar-refractivity contribution in [1.29, 1.82) is 0 Å². The highest BCUT2D eigenvalue weighted by Crippen LogP contribution is 2.68. The minimum atomic E-state index is -2.04. The van der Waals surface area contributed by atoms with E-state index in [1.165, 1.54) is 96.3 Å². The lowest BCUT2D eigenvalue weighted by Gasteiger charge is -2.42. The molecule has 0 spiro atoms. The Labute approximate surface area is 144 Å². The van der Waals surface area contributed by atoms with Crippen LogP contribution in [0.3, 0.4) is 0 Å². The predicted octanol–water partition coefficient (Wildman–Crippen LogP) is 7.29. The Morgan fingerprint density at radius 1 is 0.826 bits per heavy atom. The van der Waals surface area contributed by atoms with Crippen molar-refractivity contribution in [2.75, 3.05) is 0 Å². The van der Waals surface area contributed by atoms with Gasteiger partial charge in [0.1, 0.15) is 0 Å². The third kappa shape index (κ3) is 3.97. The molecule has 0 N–H and O–H groups in total. The fourth-order valence-corrected chi connectivity index (χ4v) is 10.9. The van der Waals surface area contributed by atoms with E-state index in [2.05, 4.69) is 13.0 Å². The van der Waals surface area contributed by atoms with Gasteiger partial charge in [-0.05, 0) is 57.8 Å². The molecule has 0 heterocycles. The Bertz CT molecular complexity index is 419. The van der Waals surface area contributed by atoms with Gasteiger partial charge in [0.05, 0.1) is 7.14 Å². The molecular weight excluding hydrogens is 299 g/mol. The average Bonchev–Trinajstić information content (AvgIpc) is 2.88. The fourth-order valence-electron chi connectivity index (χ4n) is 5.67. The first-order chi connectivity index (χ1) is 11.2. The van der Waals surface area contributed by atoms with E-state index in [0.29, 0.717) is 17.0 Å². The van der Waals surface area contributed by atoms with Gasteiger partial charge < -0.3 is 4.57 Å². The maximum absolute atomic E-state index is 14.6. The molecule has 2 saturated carbocycles. The highest BCUT2D eigenvalue weighted by Gasteiger charge is 2.46. The minimum absolute atomic E-state index is 0.550. The lowest BCUT2D eigenvalue weighted by molar-refractivity contribution is 0.435. The Kier molecular flexibility index (Phi) is 6.47. The van der Waals surface area contributed by atoms with Crippen molar-refractivity contribution in [3.63, 3.8) is 0 Å². The van der Waals surface area contributed by atoms with Crippen molar-refractivity contribution in [1.82, 2.24) is 0 Å². The van der Waals surface area contributed by atoms with E-state index in [-0.39, 0.29) is 0 Å². The SMILES string of the molecule is CCC1=CCCC(P(=O)(C2CCCCC2)C2CCCCC2)CC1. The normalized spacial score (nSPS) is 29.1. The second kappa shape index (κ2) is 8.37. The monoisotopic (exact) mass is 336 g/mol. The molecular formula is C21H37OP. The number of hydrogen-bond acceptors (Lipinski definition) is 1. The second-order valence-corrected chi connectivity index (χ2v) is 12.1. The molecule has 0 aliphatic heterocycles. The Balaban J connectivity index is 1.80. The quantitative estimate of drug-likeness (QED) is 0.389. The van der Waals surface area contributed by atoms with Crippen molar-refractivity contribution >= 4 is 7.14 Å². The van der Waals surface area contributed by atoms with Crippen LogP contribution in [0.25, 0.3) is 0 Å². The molecule has 1 atom stereocenters. The van der Waals surface area contributed by atoms with Crippen molar-refractivity contribution in [3.8, 4) is 0 Å². The molecule has 3 aliphatic rings. The van der Waals surface area contributed by atoms with E-state index in [0.717, 1.165) is 0 Å². The maximum atomic E-state index is 14.6. The summed E-state index contributed by atoms with van der Waals surface area (Å²) in [5, 5.41) is 0. The van der Waals surface area contributed by atoms with Crippen molar-refractivity contribution < 1.29 is 4.57 Å². The largest absolute Gasteiger partial charge is 0.323 e. The Morgan fingerprint density at radius 2 is 1.35 bits per heavy atom. The van der Waals surface area contributed by atoms with Gasteiger partial charge in [-0.15, -0.1) is 0 Å². The van der Waals surface area contributed by atoms with Gasteiger partial charge in [-0.3, -0.25) is 0 Å². The number of allylic oxidation sites excluding steroid dienone is 2. The summed E-state index contributed by atoms with van der Waals surface area (Å²) in [6.45, 7) is 2.29. The van der Waals surface area contributed by atoms with Crippen LogP contribution in [-0.2, 0) is 4.57 Å². The molecule has 0 amide bonds. The summed E-state index contributed by atoms with van der Waals surface area (Å²) >= 11 is 0. The number of rotatable bonds is 4. The van der Waals surface area contributed by atoms with Gasteiger partial charge in [0.15, 0.2) is 0 Å². The molecule has 0 aromatic rings. The van der Waals surface area contributed by atoms with E-state index in [1.54, 1.807) is 5.57 Å². The van der Waals surface area contributed by atoms with E-state index < -0.39 is 7.14 Å². The highest BCUT2D eigenvalue weighted by molar-refractivity contribution is 7.66. The maximum Gasteiger partial charge on any atom is 0.0965 e. The van der Waals surface area contributed by atoms with Crippen molar-refractivity contribution in [3.05, 3.63) is 11.6 Å². The van der Waals surface area contributed by atoms with Gasteiger partial charge in [-0.25, -0.2) is 0 Å². The van der Waals surface area contributed by atoms with Gasteiger partial charge in [0.25, 0.3) is 0 Å². The van der Waals surface area contributed by atoms with Crippen LogP contribution < -0.4 is 0 Å². The van der Waals surface area contributed by atoms with Gasteiger partial charge in [-0.1, -0.05) is 57.1 Å². The van der Waals surface area contributed by atoms with Gasteiger partial charge in [0.2, 0.25) is 0 Å². The smallest absolute Gasteiger partial charge is 0.0965 e. The van der Waals surface area contributed by atoms with Crippen LogP contribution >= 0.6 is 7.14 Å². The lowest BCUT2D eigenvalue weighted by Crippen LogP contribution is -2.30. The zero-order valence-electron chi connectivity index (χ0n) is 15.3. The third-order valence-corrected chi connectivity index (χ3v) is 12.0. The molecule has 3 rings (SSSR count). The van der Waals surface area contributed by atoms with E-state index >= 15 is 0 Å². The van der Waals surface area contributed by atoms with Crippen LogP contribution in [0.15, 0.2) is 11.6 Å². The molecule has 1 nitrogen and oxygen atoms in total. The van der Waals surface area contributed by atoms with Gasteiger partial charge in [0, 0.05) is 17.0 Å². The Hall–Kier alpha value is -0.0300. The molecule has 132 valence electrons. The third-order valence-electron chi connectivity index (χ3n) is 7.05. The molecule has 1 unspecified atom stereocenters. The first kappa shape index (κ1) is 17.8. The van der Waals surface area contributed by atoms with E-state index in [4.69, 9.17) is 0 Å². The predicted molar refractivity (Wildman–Crippen MR) is 102 cm³/mol. The fraction of sp³-hybridized carbons (Fsp3) is 0.905. The van der Waals surface area contributed by atoms with Crippen molar-refractivity contribution in [2.24, 2.45) is 0 Å². The standard InChI is InChI=1S/C21H37OP/c1-2-18-10-9-15-21(17-16-18)23(22,19-11-5-3-6-12-19)20-13-7-4-8-14-20/h10,19-21H,2-9,11-17H2,1H3. The van der Waals surface area contributed by atoms with Crippen LogP contribution in [-0.4, -0.2) is 17.0 Å². The summed E-state index contributed by atoms with van der Waals surface area (Å²) in [7, 11) is -2.04. The van der Waals surface area contributed by atoms with E-state index in [9.17, 15) is 4.57 Å². The molecule has 0 aromatic heterocycles. The number of hydrogen-bond donors (Lipinski definition) is 0. The van der Waals surface area contributed by atoms with Gasteiger partial charge in [-0.2, -0.15) is 0 Å². The minimum Gasteiger partial charge on any atom is -0.323 e. The molecule has 23 heavy (non-hydrogen) atoms. The summed E-state index contributed by atoms with van der Waals surface area (Å²) in [4.78, 5) is 0. The molecule has 3 aliphatic carbocycles. The van der Waals surface area contributed by atoms with Crippen LogP contribution in [0.4, 0.5) is 0 Å². The Morgan fingerprint density at radius 3 is 1.87 bits per heavy atom. The molecule has 0 saturated heterocycles. The van der Waals surface area contributed by atoms with Crippen LogP contribution in [0.5, 0.6) is 0 Å². The summed E-state index contributed by atoms with van der Waals surface area (Å²) < 4.78 is 14.6. The average molecular weight is 337 g/mol. The molecule has 2 fully saturated rings. The summed E-state index contributed by atoms with van der Waals surface area (Å²) in [6, 6.07) is 0. The highest BCUT2D eigenvalue weighted by atomic mass is 31.2. The lowest BCUT2D eigenvalue weighted by atomic mass is 9.99. The zero-order chi connectivity index (χ0) is 16.1. The first-order valence-corrected chi connectivity index (χ1v) is 12.4. The van der Waals surface area contributed by atoms with Crippen LogP contribution in [0.2, 0.25) is 0 Å². The second-order valence-electron chi connectivity index (χ2n) is 8.33. The van der Waals surface area contributed by atoms with E-state index in [1.807, 2.05) is 0 Å².